The van der Waals surface area contributed by atoms with E-state index in [0.717, 1.165) is 16.3 Å². The van der Waals surface area contributed by atoms with E-state index in [1.807, 2.05) is 12.1 Å². The number of carbonyl (C=O) groups excluding carboxylic acids is 1. The van der Waals surface area contributed by atoms with Crippen LogP contribution in [0.25, 0.3) is 10.8 Å². The van der Waals surface area contributed by atoms with E-state index in [4.69, 9.17) is 5.11 Å². The van der Waals surface area contributed by atoms with E-state index in [0.29, 0.717) is 13.0 Å². The first kappa shape index (κ1) is 14.8. The van der Waals surface area contributed by atoms with Gasteiger partial charge in [-0.25, -0.2) is 4.79 Å². The zero-order valence-electron chi connectivity index (χ0n) is 12.0. The molecule has 21 heavy (non-hydrogen) atoms. The summed E-state index contributed by atoms with van der Waals surface area (Å²) in [7, 11) is 1.73. The third kappa shape index (κ3) is 3.13. The molecule has 0 bridgehead atoms. The molecule has 0 spiro atoms. The van der Waals surface area contributed by atoms with Crippen molar-refractivity contribution in [2.24, 2.45) is 0 Å². The van der Waals surface area contributed by atoms with Crippen LogP contribution in [0.2, 0.25) is 0 Å². The van der Waals surface area contributed by atoms with Gasteiger partial charge < -0.3 is 15.1 Å². The highest BCUT2D eigenvalue weighted by molar-refractivity contribution is 5.97. The fourth-order valence-electron chi connectivity index (χ4n) is 2.24. The summed E-state index contributed by atoms with van der Waals surface area (Å²) in [5.74, 6) is -1.37. The van der Waals surface area contributed by atoms with E-state index in [-0.39, 0.29) is 17.2 Å². The second-order valence-corrected chi connectivity index (χ2v) is 4.96. The lowest BCUT2D eigenvalue weighted by Crippen LogP contribution is -2.25. The Morgan fingerprint density at radius 2 is 1.86 bits per heavy atom. The second-order valence-electron chi connectivity index (χ2n) is 4.96. The van der Waals surface area contributed by atoms with Crippen LogP contribution in [0.5, 0.6) is 5.75 Å². The summed E-state index contributed by atoms with van der Waals surface area (Å²) in [6.07, 6.45) is 0.446. The fourth-order valence-corrected chi connectivity index (χ4v) is 2.24. The topological polar surface area (TPSA) is 77.8 Å². The minimum atomic E-state index is -1.17. The smallest absolute Gasteiger partial charge is 0.339 e. The van der Waals surface area contributed by atoms with Gasteiger partial charge in [-0.3, -0.25) is 4.79 Å². The Hall–Kier alpha value is -2.56. The molecule has 0 saturated carbocycles. The van der Waals surface area contributed by atoms with Crippen LogP contribution in [0.4, 0.5) is 0 Å². The number of aromatic carboxylic acids is 1. The molecule has 2 aromatic rings. The Morgan fingerprint density at radius 1 is 1.14 bits per heavy atom. The van der Waals surface area contributed by atoms with Crippen molar-refractivity contribution in [2.75, 3.05) is 7.05 Å². The Balaban J connectivity index is 2.38. The van der Waals surface area contributed by atoms with E-state index in [1.54, 1.807) is 24.9 Å². The lowest BCUT2D eigenvalue weighted by molar-refractivity contribution is -0.130. The molecule has 2 N–H and O–H groups in total. The zero-order chi connectivity index (χ0) is 15.6. The van der Waals surface area contributed by atoms with Gasteiger partial charge in [0.05, 0.1) is 0 Å². The molecule has 0 fully saturated rings. The number of benzene rings is 2. The lowest BCUT2D eigenvalue weighted by atomic mass is 10.0. The average Bonchev–Trinajstić information content (AvgIpc) is 2.45. The number of nitrogens with zero attached hydrogens (tertiary/aromatic N) is 1. The van der Waals surface area contributed by atoms with Crippen LogP contribution < -0.4 is 0 Å². The molecule has 0 aliphatic carbocycles. The number of amides is 1. The molecular formula is C16H17NO4. The normalized spacial score (nSPS) is 10.6. The van der Waals surface area contributed by atoms with Crippen LogP contribution in [0, 0.1) is 0 Å². The van der Waals surface area contributed by atoms with Crippen LogP contribution in [-0.4, -0.2) is 34.0 Å². The number of fused-ring (bicyclic) bond motifs is 1. The first-order valence-electron chi connectivity index (χ1n) is 6.65. The molecule has 0 unspecified atom stereocenters. The van der Waals surface area contributed by atoms with Gasteiger partial charge >= 0.3 is 5.97 Å². The maximum absolute atomic E-state index is 11.6. The summed E-state index contributed by atoms with van der Waals surface area (Å²) in [4.78, 5) is 24.3. The van der Waals surface area contributed by atoms with Crippen molar-refractivity contribution in [3.05, 3.63) is 41.5 Å². The zero-order valence-corrected chi connectivity index (χ0v) is 12.0. The van der Waals surface area contributed by atoms with Crippen LogP contribution >= 0.6 is 0 Å². The molecule has 110 valence electrons. The van der Waals surface area contributed by atoms with Crippen molar-refractivity contribution in [3.63, 3.8) is 0 Å². The Labute approximate surface area is 122 Å². The van der Waals surface area contributed by atoms with Gasteiger partial charge in [0, 0.05) is 20.0 Å². The quantitative estimate of drug-likeness (QED) is 0.906. The molecule has 5 nitrogen and oxygen atoms in total. The third-order valence-corrected chi connectivity index (χ3v) is 3.40. The second kappa shape index (κ2) is 5.83. The Morgan fingerprint density at radius 3 is 2.48 bits per heavy atom. The minimum absolute atomic E-state index is 0.0482. The van der Waals surface area contributed by atoms with E-state index >= 15 is 0 Å². The van der Waals surface area contributed by atoms with Crippen molar-refractivity contribution in [3.8, 4) is 5.75 Å². The van der Waals surface area contributed by atoms with Crippen molar-refractivity contribution < 1.29 is 19.8 Å². The van der Waals surface area contributed by atoms with Gasteiger partial charge in [0.15, 0.2) is 0 Å². The summed E-state index contributed by atoms with van der Waals surface area (Å²) in [6, 6.07) is 8.38. The maximum atomic E-state index is 11.6. The van der Waals surface area contributed by atoms with Crippen molar-refractivity contribution in [1.29, 1.82) is 0 Å². The highest BCUT2D eigenvalue weighted by Gasteiger charge is 2.12. The molecule has 0 aliphatic rings. The van der Waals surface area contributed by atoms with Crippen molar-refractivity contribution in [2.45, 2.75) is 19.9 Å². The number of hydrogen-bond acceptors (Lipinski definition) is 3. The standard InChI is InChI=1S/C16H17NO4/c1-3-15(19)17(2)9-10-4-5-11-8-14(18)13(16(20)21)7-12(11)6-10/h4-8,18H,3,9H2,1-2H3,(H,20,21). The number of hydrogen-bond donors (Lipinski definition) is 2. The number of carboxylic acids is 1. The predicted molar refractivity (Wildman–Crippen MR) is 79.3 cm³/mol. The number of carboxylic acid groups (broad SMARTS) is 1. The summed E-state index contributed by atoms with van der Waals surface area (Å²) in [5.41, 5.74) is 0.784. The minimum Gasteiger partial charge on any atom is -0.507 e. The Kier molecular flexibility index (Phi) is 4.12. The number of carbonyl (C=O) groups is 2. The summed E-state index contributed by atoms with van der Waals surface area (Å²) < 4.78 is 0. The monoisotopic (exact) mass is 287 g/mol. The van der Waals surface area contributed by atoms with E-state index < -0.39 is 5.97 Å². The SMILES string of the molecule is CCC(=O)N(C)Cc1ccc2cc(O)c(C(=O)O)cc2c1. The molecule has 0 aromatic heterocycles. The predicted octanol–water partition coefficient (Wildman–Crippen LogP) is 2.61. The first-order valence-corrected chi connectivity index (χ1v) is 6.65. The molecule has 0 saturated heterocycles. The summed E-state index contributed by atoms with van der Waals surface area (Å²) in [5, 5.41) is 20.2. The van der Waals surface area contributed by atoms with Gasteiger partial charge in [0.1, 0.15) is 11.3 Å². The third-order valence-electron chi connectivity index (χ3n) is 3.40. The van der Waals surface area contributed by atoms with E-state index in [9.17, 15) is 14.7 Å². The molecule has 5 heteroatoms. The molecule has 0 radical (unpaired) electrons. The highest BCUT2D eigenvalue weighted by Crippen LogP contribution is 2.26. The van der Waals surface area contributed by atoms with Crippen LogP contribution in [0.15, 0.2) is 30.3 Å². The molecule has 0 aliphatic heterocycles. The molecular weight excluding hydrogens is 270 g/mol. The lowest BCUT2D eigenvalue weighted by Gasteiger charge is -2.16. The van der Waals surface area contributed by atoms with Gasteiger partial charge in [-0.05, 0) is 34.5 Å². The highest BCUT2D eigenvalue weighted by atomic mass is 16.4. The van der Waals surface area contributed by atoms with E-state index in [1.165, 1.54) is 12.1 Å². The summed E-state index contributed by atoms with van der Waals surface area (Å²) >= 11 is 0. The van der Waals surface area contributed by atoms with Gasteiger partial charge in [0.25, 0.3) is 0 Å². The van der Waals surface area contributed by atoms with Crippen LogP contribution in [0.1, 0.15) is 29.3 Å². The van der Waals surface area contributed by atoms with Crippen LogP contribution in [0.3, 0.4) is 0 Å². The van der Waals surface area contributed by atoms with Crippen molar-refractivity contribution in [1.82, 2.24) is 4.90 Å². The largest absolute Gasteiger partial charge is 0.507 e. The molecule has 0 atom stereocenters. The molecule has 1 amide bonds. The Bertz CT molecular complexity index is 709. The van der Waals surface area contributed by atoms with Gasteiger partial charge in [-0.15, -0.1) is 0 Å². The number of phenols is 1. The van der Waals surface area contributed by atoms with Crippen LogP contribution in [-0.2, 0) is 11.3 Å². The number of aromatic hydroxyl groups is 1. The number of rotatable bonds is 4. The van der Waals surface area contributed by atoms with Gasteiger partial charge in [0.2, 0.25) is 5.91 Å². The first-order chi connectivity index (χ1) is 9.92. The van der Waals surface area contributed by atoms with Gasteiger partial charge in [-0.2, -0.15) is 0 Å². The average molecular weight is 287 g/mol. The fraction of sp³-hybridized carbons (Fsp3) is 0.250. The van der Waals surface area contributed by atoms with E-state index in [2.05, 4.69) is 0 Å². The summed E-state index contributed by atoms with van der Waals surface area (Å²) in [6.45, 7) is 2.27. The molecule has 0 heterocycles. The molecule has 2 rings (SSSR count). The van der Waals surface area contributed by atoms with Gasteiger partial charge in [-0.1, -0.05) is 19.1 Å². The maximum Gasteiger partial charge on any atom is 0.339 e. The molecule has 2 aromatic carbocycles. The van der Waals surface area contributed by atoms with Crippen molar-refractivity contribution >= 4 is 22.6 Å².